The van der Waals surface area contributed by atoms with Crippen LogP contribution in [-0.2, 0) is 11.2 Å². The van der Waals surface area contributed by atoms with Crippen molar-refractivity contribution < 1.29 is 22.6 Å². The fourth-order valence-electron chi connectivity index (χ4n) is 1.44. The first-order valence-corrected chi connectivity index (χ1v) is 6.38. The summed E-state index contributed by atoms with van der Waals surface area (Å²) in [5.74, 6) is 0.495. The van der Waals surface area contributed by atoms with Gasteiger partial charge in [0.15, 0.2) is 0 Å². The van der Waals surface area contributed by atoms with Crippen molar-refractivity contribution in [3.8, 4) is 5.75 Å². The zero-order valence-electron chi connectivity index (χ0n) is 11.3. The van der Waals surface area contributed by atoms with E-state index in [0.29, 0.717) is 12.2 Å². The van der Waals surface area contributed by atoms with Gasteiger partial charge in [-0.3, -0.25) is 4.98 Å². The second-order valence-corrected chi connectivity index (χ2v) is 4.37. The highest BCUT2D eigenvalue weighted by molar-refractivity contribution is 5.20. The second kappa shape index (κ2) is 8.06. The maximum absolute atomic E-state index is 11.8. The van der Waals surface area contributed by atoms with Crippen molar-refractivity contribution in [2.75, 3.05) is 19.8 Å². The maximum Gasteiger partial charge on any atom is 0.411 e. The molecule has 0 aromatic carbocycles. The molecule has 0 amide bonds. The lowest BCUT2D eigenvalue weighted by molar-refractivity contribution is -0.175. The number of halogens is 3. The van der Waals surface area contributed by atoms with Crippen LogP contribution in [0.15, 0.2) is 18.3 Å². The van der Waals surface area contributed by atoms with Crippen molar-refractivity contribution in [3.63, 3.8) is 0 Å². The summed E-state index contributed by atoms with van der Waals surface area (Å²) in [6, 6.07) is 3.58. The highest BCUT2D eigenvalue weighted by Crippen LogP contribution is 2.14. The third-order valence-corrected chi connectivity index (χ3v) is 2.56. The number of pyridine rings is 1. The van der Waals surface area contributed by atoms with Crippen LogP contribution in [0.2, 0.25) is 0 Å². The Hall–Kier alpha value is -1.34. The van der Waals surface area contributed by atoms with E-state index in [2.05, 4.69) is 9.72 Å². The first-order valence-electron chi connectivity index (χ1n) is 6.38. The van der Waals surface area contributed by atoms with Crippen LogP contribution in [0.5, 0.6) is 5.75 Å². The number of hydrogen-bond donors (Lipinski definition) is 1. The molecular formula is C13H19F3N2O2. The summed E-state index contributed by atoms with van der Waals surface area (Å²) in [4.78, 5) is 4.18. The summed E-state index contributed by atoms with van der Waals surface area (Å²) in [7, 11) is 0. The Morgan fingerprint density at radius 3 is 2.60 bits per heavy atom. The normalized spacial score (nSPS) is 13.2. The van der Waals surface area contributed by atoms with Gasteiger partial charge in [-0.05, 0) is 18.6 Å². The lowest BCUT2D eigenvalue weighted by Crippen LogP contribution is -2.21. The molecule has 2 N–H and O–H groups in total. The summed E-state index contributed by atoms with van der Waals surface area (Å²) < 4.78 is 45.0. The molecule has 7 heteroatoms. The molecule has 114 valence electrons. The van der Waals surface area contributed by atoms with E-state index in [9.17, 15) is 13.2 Å². The van der Waals surface area contributed by atoms with Gasteiger partial charge in [0.1, 0.15) is 19.0 Å². The number of aromatic nitrogens is 1. The minimum Gasteiger partial charge on any atom is -0.490 e. The van der Waals surface area contributed by atoms with Crippen molar-refractivity contribution in [1.82, 2.24) is 4.98 Å². The lowest BCUT2D eigenvalue weighted by Gasteiger charge is -2.10. The van der Waals surface area contributed by atoms with Gasteiger partial charge in [0.25, 0.3) is 0 Å². The molecule has 0 aliphatic rings. The summed E-state index contributed by atoms with van der Waals surface area (Å²) >= 11 is 0. The van der Waals surface area contributed by atoms with Gasteiger partial charge in [0.2, 0.25) is 0 Å². The molecule has 1 rings (SSSR count). The Balaban J connectivity index is 2.25. The van der Waals surface area contributed by atoms with Gasteiger partial charge >= 0.3 is 6.18 Å². The second-order valence-electron chi connectivity index (χ2n) is 4.37. The summed E-state index contributed by atoms with van der Waals surface area (Å²) in [6.45, 7) is 0.666. The highest BCUT2D eigenvalue weighted by Gasteiger charge is 2.27. The molecule has 0 bridgehead atoms. The first-order chi connectivity index (χ1) is 9.40. The largest absolute Gasteiger partial charge is 0.490 e. The van der Waals surface area contributed by atoms with Crippen LogP contribution >= 0.6 is 0 Å². The number of nitrogens with zero attached hydrogens (tertiary/aromatic N) is 1. The molecule has 0 aliphatic heterocycles. The van der Waals surface area contributed by atoms with Gasteiger partial charge in [0, 0.05) is 18.2 Å². The van der Waals surface area contributed by atoms with Gasteiger partial charge in [0.05, 0.1) is 12.8 Å². The molecule has 0 saturated heterocycles. The molecule has 0 fully saturated rings. The van der Waals surface area contributed by atoms with Crippen LogP contribution in [0.1, 0.15) is 19.0 Å². The number of alkyl halides is 3. The molecule has 1 atom stereocenters. The van der Waals surface area contributed by atoms with Crippen molar-refractivity contribution in [2.24, 2.45) is 5.73 Å². The van der Waals surface area contributed by atoms with Crippen LogP contribution in [0.25, 0.3) is 0 Å². The monoisotopic (exact) mass is 292 g/mol. The maximum atomic E-state index is 11.8. The molecule has 20 heavy (non-hydrogen) atoms. The number of nitrogens with two attached hydrogens (primary N) is 1. The van der Waals surface area contributed by atoms with Crippen molar-refractivity contribution in [2.45, 2.75) is 32.0 Å². The van der Waals surface area contributed by atoms with Crippen LogP contribution in [0.4, 0.5) is 13.2 Å². The van der Waals surface area contributed by atoms with Gasteiger partial charge in [-0.25, -0.2) is 0 Å². The third-order valence-electron chi connectivity index (χ3n) is 2.56. The highest BCUT2D eigenvalue weighted by atomic mass is 19.4. The zero-order chi connectivity index (χ0) is 15.0. The van der Waals surface area contributed by atoms with E-state index in [1.165, 1.54) is 6.20 Å². The SMILES string of the molecule is CCC(N)Cc1ccc(OCCOCC(F)(F)F)cn1. The van der Waals surface area contributed by atoms with E-state index in [0.717, 1.165) is 12.1 Å². The van der Waals surface area contributed by atoms with E-state index < -0.39 is 12.8 Å². The fraction of sp³-hybridized carbons (Fsp3) is 0.615. The number of rotatable bonds is 8. The standard InChI is InChI=1S/C13H19F3N2O2/c1-2-10(17)7-11-3-4-12(8-18-11)20-6-5-19-9-13(14,15)16/h3-4,8,10H,2,5-7,9,17H2,1H3. The lowest BCUT2D eigenvalue weighted by atomic mass is 10.1. The minimum absolute atomic E-state index is 0.0472. The Morgan fingerprint density at radius 1 is 1.30 bits per heavy atom. The zero-order valence-corrected chi connectivity index (χ0v) is 11.3. The Bertz CT molecular complexity index is 382. The molecule has 1 aromatic heterocycles. The molecule has 1 heterocycles. The molecule has 4 nitrogen and oxygen atoms in total. The molecular weight excluding hydrogens is 273 g/mol. The van der Waals surface area contributed by atoms with E-state index >= 15 is 0 Å². The Labute approximate surface area is 116 Å². The topological polar surface area (TPSA) is 57.4 Å². The van der Waals surface area contributed by atoms with Gasteiger partial charge < -0.3 is 15.2 Å². The smallest absolute Gasteiger partial charge is 0.411 e. The van der Waals surface area contributed by atoms with Crippen LogP contribution in [0.3, 0.4) is 0 Å². The molecule has 0 aliphatic carbocycles. The van der Waals surface area contributed by atoms with Gasteiger partial charge in [-0.2, -0.15) is 13.2 Å². The fourth-order valence-corrected chi connectivity index (χ4v) is 1.44. The first kappa shape index (κ1) is 16.7. The van der Waals surface area contributed by atoms with E-state index in [1.54, 1.807) is 12.1 Å². The predicted octanol–water partition coefficient (Wildman–Crippen LogP) is 2.32. The molecule has 0 radical (unpaired) electrons. The predicted molar refractivity (Wildman–Crippen MR) is 68.6 cm³/mol. The Kier molecular flexibility index (Phi) is 6.74. The molecule has 0 spiro atoms. The summed E-state index contributed by atoms with van der Waals surface area (Å²) in [5, 5.41) is 0. The summed E-state index contributed by atoms with van der Waals surface area (Å²) in [5.41, 5.74) is 6.67. The van der Waals surface area contributed by atoms with E-state index in [-0.39, 0.29) is 19.3 Å². The van der Waals surface area contributed by atoms with Crippen molar-refractivity contribution in [1.29, 1.82) is 0 Å². The van der Waals surface area contributed by atoms with Crippen LogP contribution in [0, 0.1) is 0 Å². The average molecular weight is 292 g/mol. The van der Waals surface area contributed by atoms with Crippen LogP contribution in [-0.4, -0.2) is 37.0 Å². The van der Waals surface area contributed by atoms with Gasteiger partial charge in [-0.15, -0.1) is 0 Å². The number of ether oxygens (including phenoxy) is 2. The quantitative estimate of drug-likeness (QED) is 0.747. The number of hydrogen-bond acceptors (Lipinski definition) is 4. The Morgan fingerprint density at radius 2 is 2.05 bits per heavy atom. The molecule has 1 aromatic rings. The average Bonchev–Trinajstić information content (AvgIpc) is 2.39. The van der Waals surface area contributed by atoms with Crippen molar-refractivity contribution >= 4 is 0 Å². The van der Waals surface area contributed by atoms with E-state index in [4.69, 9.17) is 10.5 Å². The molecule has 1 unspecified atom stereocenters. The van der Waals surface area contributed by atoms with Crippen molar-refractivity contribution in [3.05, 3.63) is 24.0 Å². The third kappa shape index (κ3) is 7.30. The summed E-state index contributed by atoms with van der Waals surface area (Å²) in [6.07, 6.45) is -1.22. The molecule has 0 saturated carbocycles. The van der Waals surface area contributed by atoms with E-state index in [1.807, 2.05) is 6.92 Å². The van der Waals surface area contributed by atoms with Gasteiger partial charge in [-0.1, -0.05) is 6.92 Å². The minimum atomic E-state index is -4.30. The van der Waals surface area contributed by atoms with Crippen LogP contribution < -0.4 is 10.5 Å².